The van der Waals surface area contributed by atoms with E-state index in [0.29, 0.717) is 23.6 Å². The Bertz CT molecular complexity index is 909. The van der Waals surface area contributed by atoms with Gasteiger partial charge in [0.15, 0.2) is 0 Å². The van der Waals surface area contributed by atoms with E-state index in [0.717, 1.165) is 5.56 Å². The van der Waals surface area contributed by atoms with Gasteiger partial charge in [-0.15, -0.1) is 0 Å². The van der Waals surface area contributed by atoms with Crippen LogP contribution in [0.4, 0.5) is 5.69 Å². The summed E-state index contributed by atoms with van der Waals surface area (Å²) in [5.41, 5.74) is 1.44. The van der Waals surface area contributed by atoms with Gasteiger partial charge >= 0.3 is 0 Å². The first-order valence-corrected chi connectivity index (χ1v) is 10.4. The van der Waals surface area contributed by atoms with Crippen molar-refractivity contribution in [2.24, 2.45) is 0 Å². The molecular formula is C20H26N2O5S. The molecule has 7 nitrogen and oxygen atoms in total. The third kappa shape index (κ3) is 5.97. The molecule has 8 heteroatoms. The van der Waals surface area contributed by atoms with Gasteiger partial charge in [0.25, 0.3) is 0 Å². The minimum absolute atomic E-state index is 0.165. The molecule has 0 spiro atoms. The molecule has 0 aliphatic heterocycles. The molecule has 0 radical (unpaired) electrons. The third-order valence-corrected chi connectivity index (χ3v) is 5.62. The van der Waals surface area contributed by atoms with E-state index in [-0.39, 0.29) is 23.3 Å². The Morgan fingerprint density at radius 3 is 2.29 bits per heavy atom. The van der Waals surface area contributed by atoms with Crippen LogP contribution in [0.5, 0.6) is 11.5 Å². The Hall–Kier alpha value is -2.58. The number of benzene rings is 2. The summed E-state index contributed by atoms with van der Waals surface area (Å²) >= 11 is 0. The maximum absolute atomic E-state index is 12.3. The van der Waals surface area contributed by atoms with E-state index in [1.807, 2.05) is 0 Å². The third-order valence-electron chi connectivity index (χ3n) is 3.95. The van der Waals surface area contributed by atoms with E-state index >= 15 is 0 Å². The minimum Gasteiger partial charge on any atom is -0.497 e. The first-order valence-electron chi connectivity index (χ1n) is 8.88. The van der Waals surface area contributed by atoms with Crippen molar-refractivity contribution in [1.29, 1.82) is 0 Å². The molecular weight excluding hydrogens is 380 g/mol. The van der Waals surface area contributed by atoms with E-state index < -0.39 is 10.0 Å². The number of amides is 1. The number of carbonyl (C=O) groups is 1. The van der Waals surface area contributed by atoms with Crippen molar-refractivity contribution in [2.75, 3.05) is 19.5 Å². The SMILES string of the molecule is COc1ccc(NC(=O)CCc2ccc(S(=O)(=O)NC(C)C)cc2)c(OC)c1. The van der Waals surface area contributed by atoms with Gasteiger partial charge in [-0.3, -0.25) is 4.79 Å². The molecule has 0 unspecified atom stereocenters. The van der Waals surface area contributed by atoms with Gasteiger partial charge < -0.3 is 14.8 Å². The number of sulfonamides is 1. The average molecular weight is 407 g/mol. The zero-order chi connectivity index (χ0) is 20.7. The fourth-order valence-electron chi connectivity index (χ4n) is 2.59. The number of anilines is 1. The highest BCUT2D eigenvalue weighted by Gasteiger charge is 2.15. The molecule has 0 atom stereocenters. The van der Waals surface area contributed by atoms with Crippen LogP contribution in [0.15, 0.2) is 47.4 Å². The van der Waals surface area contributed by atoms with Gasteiger partial charge in [-0.2, -0.15) is 0 Å². The molecule has 0 aliphatic rings. The molecule has 2 aromatic rings. The summed E-state index contributed by atoms with van der Waals surface area (Å²) in [6, 6.07) is 11.5. The molecule has 0 aromatic heterocycles. The highest BCUT2D eigenvalue weighted by atomic mass is 32.2. The zero-order valence-corrected chi connectivity index (χ0v) is 17.3. The maximum Gasteiger partial charge on any atom is 0.240 e. The highest BCUT2D eigenvalue weighted by Crippen LogP contribution is 2.29. The second-order valence-corrected chi connectivity index (χ2v) is 8.25. The summed E-state index contributed by atoms with van der Waals surface area (Å²) < 4.78 is 37.2. The fraction of sp³-hybridized carbons (Fsp3) is 0.350. The van der Waals surface area contributed by atoms with Crippen molar-refractivity contribution in [3.8, 4) is 11.5 Å². The molecule has 0 aliphatic carbocycles. The van der Waals surface area contributed by atoms with Crippen LogP contribution in [-0.2, 0) is 21.2 Å². The van der Waals surface area contributed by atoms with E-state index in [4.69, 9.17) is 9.47 Å². The Morgan fingerprint density at radius 2 is 1.71 bits per heavy atom. The van der Waals surface area contributed by atoms with Gasteiger partial charge in [0.05, 0.1) is 24.8 Å². The lowest BCUT2D eigenvalue weighted by atomic mass is 10.1. The van der Waals surface area contributed by atoms with Crippen LogP contribution in [-0.4, -0.2) is 34.6 Å². The van der Waals surface area contributed by atoms with Crippen molar-refractivity contribution >= 4 is 21.6 Å². The van der Waals surface area contributed by atoms with E-state index in [2.05, 4.69) is 10.0 Å². The predicted octanol–water partition coefficient (Wildman–Crippen LogP) is 2.96. The lowest BCUT2D eigenvalue weighted by molar-refractivity contribution is -0.116. The summed E-state index contributed by atoms with van der Waals surface area (Å²) in [4.78, 5) is 12.5. The Balaban J connectivity index is 1.96. The second-order valence-electron chi connectivity index (χ2n) is 6.53. The van der Waals surface area contributed by atoms with Gasteiger partial charge in [0, 0.05) is 18.5 Å². The van der Waals surface area contributed by atoms with Crippen LogP contribution < -0.4 is 19.5 Å². The number of carbonyl (C=O) groups excluding carboxylic acids is 1. The number of hydrogen-bond acceptors (Lipinski definition) is 5. The molecule has 152 valence electrons. The van der Waals surface area contributed by atoms with Gasteiger partial charge in [-0.25, -0.2) is 13.1 Å². The lowest BCUT2D eigenvalue weighted by Gasteiger charge is -2.12. The molecule has 2 N–H and O–H groups in total. The van der Waals surface area contributed by atoms with Crippen molar-refractivity contribution in [1.82, 2.24) is 4.72 Å². The summed E-state index contributed by atoms with van der Waals surface area (Å²) in [6.45, 7) is 3.53. The van der Waals surface area contributed by atoms with Crippen molar-refractivity contribution in [2.45, 2.75) is 37.6 Å². The number of nitrogens with one attached hydrogen (secondary N) is 2. The number of ether oxygens (including phenoxy) is 2. The topological polar surface area (TPSA) is 93.7 Å². The van der Waals surface area contributed by atoms with Crippen LogP contribution in [0, 0.1) is 0 Å². The number of aryl methyl sites for hydroxylation is 1. The highest BCUT2D eigenvalue weighted by molar-refractivity contribution is 7.89. The first kappa shape index (κ1) is 21.7. The smallest absolute Gasteiger partial charge is 0.240 e. The summed E-state index contributed by atoms with van der Waals surface area (Å²) in [5, 5.41) is 2.81. The number of hydrogen-bond donors (Lipinski definition) is 2. The Kier molecular flexibility index (Phi) is 7.42. The van der Waals surface area contributed by atoms with E-state index in [9.17, 15) is 13.2 Å². The largest absolute Gasteiger partial charge is 0.497 e. The Morgan fingerprint density at radius 1 is 1.04 bits per heavy atom. The first-order chi connectivity index (χ1) is 13.2. The standard InChI is InChI=1S/C20H26N2O5S/c1-14(2)22-28(24,25)17-9-5-15(6-10-17)7-12-20(23)21-18-11-8-16(26-3)13-19(18)27-4/h5-6,8-11,13-14,22H,7,12H2,1-4H3,(H,21,23). The predicted molar refractivity (Wildman–Crippen MR) is 108 cm³/mol. The average Bonchev–Trinajstić information content (AvgIpc) is 2.66. The van der Waals surface area contributed by atoms with Gasteiger partial charge in [0.2, 0.25) is 15.9 Å². The molecule has 28 heavy (non-hydrogen) atoms. The number of rotatable bonds is 9. The summed E-state index contributed by atoms with van der Waals surface area (Å²) in [6.07, 6.45) is 0.744. The fourth-order valence-corrected chi connectivity index (χ4v) is 3.84. The summed E-state index contributed by atoms with van der Waals surface area (Å²) in [5.74, 6) is 0.985. The summed E-state index contributed by atoms with van der Waals surface area (Å²) in [7, 11) is -0.435. The van der Waals surface area contributed by atoms with Crippen LogP contribution in [0.3, 0.4) is 0 Å². The molecule has 1 amide bonds. The molecule has 0 bridgehead atoms. The quantitative estimate of drug-likeness (QED) is 0.668. The monoisotopic (exact) mass is 406 g/mol. The number of methoxy groups -OCH3 is 2. The van der Waals surface area contributed by atoms with Gasteiger partial charge in [-0.1, -0.05) is 12.1 Å². The van der Waals surface area contributed by atoms with Crippen LogP contribution in [0.25, 0.3) is 0 Å². The minimum atomic E-state index is -3.52. The maximum atomic E-state index is 12.3. The molecule has 0 fully saturated rings. The van der Waals surface area contributed by atoms with Gasteiger partial charge in [0.1, 0.15) is 11.5 Å². The van der Waals surface area contributed by atoms with Crippen molar-refractivity contribution in [3.63, 3.8) is 0 Å². The van der Waals surface area contributed by atoms with Crippen molar-refractivity contribution < 1.29 is 22.7 Å². The van der Waals surface area contributed by atoms with Crippen LogP contribution >= 0.6 is 0 Å². The molecule has 0 saturated carbocycles. The van der Waals surface area contributed by atoms with E-state index in [1.54, 1.807) is 63.4 Å². The molecule has 0 saturated heterocycles. The normalized spacial score (nSPS) is 11.3. The van der Waals surface area contributed by atoms with Crippen molar-refractivity contribution in [3.05, 3.63) is 48.0 Å². The van der Waals surface area contributed by atoms with Crippen LogP contribution in [0.2, 0.25) is 0 Å². The van der Waals surface area contributed by atoms with E-state index in [1.165, 1.54) is 7.11 Å². The van der Waals surface area contributed by atoms with Gasteiger partial charge in [-0.05, 0) is 50.1 Å². The second kappa shape index (κ2) is 9.57. The zero-order valence-electron chi connectivity index (χ0n) is 16.5. The molecule has 2 aromatic carbocycles. The lowest BCUT2D eigenvalue weighted by Crippen LogP contribution is -2.30. The molecule has 2 rings (SSSR count). The Labute approximate surface area is 166 Å². The van der Waals surface area contributed by atoms with Crippen LogP contribution in [0.1, 0.15) is 25.8 Å². The molecule has 0 heterocycles.